The van der Waals surface area contributed by atoms with Crippen LogP contribution in [0.5, 0.6) is 0 Å². The first-order valence-corrected chi connectivity index (χ1v) is 5.19. The van der Waals surface area contributed by atoms with Crippen LogP contribution in [0.3, 0.4) is 0 Å². The third kappa shape index (κ3) is 1.72. The summed E-state index contributed by atoms with van der Waals surface area (Å²) in [6.45, 7) is 1.96. The molecule has 0 atom stereocenters. The van der Waals surface area contributed by atoms with E-state index < -0.39 is 0 Å². The smallest absolute Gasteiger partial charge is 0.178 e. The highest BCUT2D eigenvalue weighted by Crippen LogP contribution is 2.29. The number of nitrogens with zero attached hydrogens (tertiary/aromatic N) is 1. The highest BCUT2D eigenvalue weighted by atomic mass is 79.9. The zero-order valence-electron chi connectivity index (χ0n) is 8.03. The molecule has 15 heavy (non-hydrogen) atoms. The molecule has 2 rings (SSSR count). The average molecular weight is 266 g/mol. The zero-order chi connectivity index (χ0) is 10.8. The molecule has 4 heteroatoms. The van der Waals surface area contributed by atoms with Crippen LogP contribution >= 0.6 is 15.9 Å². The van der Waals surface area contributed by atoms with Crippen molar-refractivity contribution in [3.8, 4) is 11.3 Å². The van der Waals surface area contributed by atoms with Gasteiger partial charge in [0.1, 0.15) is 0 Å². The van der Waals surface area contributed by atoms with Gasteiger partial charge in [0, 0.05) is 5.56 Å². The monoisotopic (exact) mass is 265 g/mol. The van der Waals surface area contributed by atoms with E-state index in [0.29, 0.717) is 15.9 Å². The molecule has 0 radical (unpaired) electrons. The highest BCUT2D eigenvalue weighted by Gasteiger charge is 2.16. The average Bonchev–Trinajstić information content (AvgIpc) is 2.60. The quantitative estimate of drug-likeness (QED) is 0.784. The first-order chi connectivity index (χ1) is 7.24. The number of carbonyl (C=O) groups excluding carboxylic acids is 1. The minimum Gasteiger partial charge on any atom is -0.354 e. The Bertz CT molecular complexity index is 505. The summed E-state index contributed by atoms with van der Waals surface area (Å²) in [6, 6.07) is 7.69. The van der Waals surface area contributed by atoms with Gasteiger partial charge >= 0.3 is 0 Å². The summed E-state index contributed by atoms with van der Waals surface area (Å²) in [5.41, 5.74) is 2.38. The van der Waals surface area contributed by atoms with Gasteiger partial charge < -0.3 is 4.52 Å². The van der Waals surface area contributed by atoms with E-state index in [1.54, 1.807) is 0 Å². The standard InChI is InChI=1S/C11H8BrNO2/c1-7-4-2-3-5-8(7)10-9(6-14)11(12)13-15-10/h2-6H,1H3. The highest BCUT2D eigenvalue weighted by molar-refractivity contribution is 9.10. The fourth-order valence-electron chi connectivity index (χ4n) is 1.40. The van der Waals surface area contributed by atoms with Crippen molar-refractivity contribution in [1.29, 1.82) is 0 Å². The number of benzene rings is 1. The van der Waals surface area contributed by atoms with Gasteiger partial charge in [-0.05, 0) is 28.4 Å². The molecule has 76 valence electrons. The zero-order valence-corrected chi connectivity index (χ0v) is 9.61. The molecule has 1 heterocycles. The van der Waals surface area contributed by atoms with Crippen molar-refractivity contribution in [3.63, 3.8) is 0 Å². The minimum absolute atomic E-state index is 0.441. The van der Waals surface area contributed by atoms with Gasteiger partial charge in [0.25, 0.3) is 0 Å². The van der Waals surface area contributed by atoms with E-state index in [1.807, 2.05) is 31.2 Å². The number of aldehydes is 1. The van der Waals surface area contributed by atoms with Crippen molar-refractivity contribution in [3.05, 3.63) is 40.0 Å². The Morgan fingerprint density at radius 1 is 1.40 bits per heavy atom. The molecule has 1 aromatic carbocycles. The van der Waals surface area contributed by atoms with Crippen LogP contribution in [0, 0.1) is 6.92 Å². The van der Waals surface area contributed by atoms with Crippen LogP contribution in [0.15, 0.2) is 33.4 Å². The number of aromatic nitrogens is 1. The van der Waals surface area contributed by atoms with E-state index in [0.717, 1.165) is 17.4 Å². The van der Waals surface area contributed by atoms with Crippen LogP contribution in [-0.4, -0.2) is 11.4 Å². The van der Waals surface area contributed by atoms with Gasteiger partial charge in [-0.25, -0.2) is 0 Å². The van der Waals surface area contributed by atoms with E-state index in [4.69, 9.17) is 4.52 Å². The number of rotatable bonds is 2. The van der Waals surface area contributed by atoms with Crippen molar-refractivity contribution in [2.45, 2.75) is 6.92 Å². The van der Waals surface area contributed by atoms with Gasteiger partial charge in [0.2, 0.25) is 0 Å². The summed E-state index contributed by atoms with van der Waals surface area (Å²) in [6.07, 6.45) is 0.738. The molecule has 0 aliphatic carbocycles. The predicted molar refractivity (Wildman–Crippen MR) is 59.8 cm³/mol. The van der Waals surface area contributed by atoms with Gasteiger partial charge in [-0.15, -0.1) is 0 Å². The van der Waals surface area contributed by atoms with Crippen molar-refractivity contribution in [1.82, 2.24) is 5.16 Å². The maximum atomic E-state index is 10.9. The second-order valence-corrected chi connectivity index (χ2v) is 3.90. The van der Waals surface area contributed by atoms with Crippen molar-refractivity contribution in [2.75, 3.05) is 0 Å². The van der Waals surface area contributed by atoms with Gasteiger partial charge in [-0.3, -0.25) is 4.79 Å². The maximum Gasteiger partial charge on any atom is 0.178 e. The molecule has 0 fully saturated rings. The molecule has 0 saturated heterocycles. The van der Waals surface area contributed by atoms with E-state index >= 15 is 0 Å². The Balaban J connectivity index is 2.64. The summed E-state index contributed by atoms with van der Waals surface area (Å²) in [7, 11) is 0. The number of hydrogen-bond donors (Lipinski definition) is 0. The molecular weight excluding hydrogens is 258 g/mol. The van der Waals surface area contributed by atoms with E-state index in [1.165, 1.54) is 0 Å². The molecule has 0 aliphatic rings. The van der Waals surface area contributed by atoms with Crippen LogP contribution in [-0.2, 0) is 0 Å². The Morgan fingerprint density at radius 3 is 2.80 bits per heavy atom. The first kappa shape index (κ1) is 10.1. The molecule has 0 bridgehead atoms. The Kier molecular flexibility index (Phi) is 2.68. The largest absolute Gasteiger partial charge is 0.354 e. The predicted octanol–water partition coefficient (Wildman–Crippen LogP) is 3.23. The topological polar surface area (TPSA) is 43.1 Å². The SMILES string of the molecule is Cc1ccccc1-c1onc(Br)c1C=O. The maximum absolute atomic E-state index is 10.9. The fourth-order valence-corrected chi connectivity index (χ4v) is 1.75. The molecule has 0 spiro atoms. The molecule has 3 nitrogen and oxygen atoms in total. The van der Waals surface area contributed by atoms with Crippen molar-refractivity contribution in [2.24, 2.45) is 0 Å². The van der Waals surface area contributed by atoms with Crippen LogP contribution in [0.2, 0.25) is 0 Å². The van der Waals surface area contributed by atoms with E-state index in [2.05, 4.69) is 21.1 Å². The third-order valence-electron chi connectivity index (χ3n) is 2.19. The van der Waals surface area contributed by atoms with Crippen LogP contribution in [0.1, 0.15) is 15.9 Å². The van der Waals surface area contributed by atoms with Crippen LogP contribution < -0.4 is 0 Å². The van der Waals surface area contributed by atoms with Crippen molar-refractivity contribution < 1.29 is 9.32 Å². The van der Waals surface area contributed by atoms with Crippen LogP contribution in [0.4, 0.5) is 0 Å². The second kappa shape index (κ2) is 3.98. The lowest BCUT2D eigenvalue weighted by molar-refractivity contribution is 0.112. The number of halogens is 1. The molecule has 0 saturated carbocycles. The molecule has 0 aliphatic heterocycles. The number of carbonyl (C=O) groups is 1. The molecule has 0 N–H and O–H groups in total. The van der Waals surface area contributed by atoms with Gasteiger partial charge in [0.05, 0.1) is 5.56 Å². The first-order valence-electron chi connectivity index (χ1n) is 4.40. The number of hydrogen-bond acceptors (Lipinski definition) is 3. The summed E-state index contributed by atoms with van der Waals surface area (Å²) in [5.74, 6) is 0.509. The normalized spacial score (nSPS) is 10.3. The summed E-state index contributed by atoms with van der Waals surface area (Å²) in [5, 5.41) is 3.72. The third-order valence-corrected chi connectivity index (χ3v) is 2.76. The molecule has 2 aromatic rings. The number of aryl methyl sites for hydroxylation is 1. The summed E-state index contributed by atoms with van der Waals surface area (Å²) < 4.78 is 5.57. The lowest BCUT2D eigenvalue weighted by atomic mass is 10.0. The molecular formula is C11H8BrNO2. The van der Waals surface area contributed by atoms with Gasteiger partial charge in [0.15, 0.2) is 16.6 Å². The lowest BCUT2D eigenvalue weighted by Crippen LogP contribution is -1.85. The lowest BCUT2D eigenvalue weighted by Gasteiger charge is -2.00. The Labute approximate surface area is 95.2 Å². The van der Waals surface area contributed by atoms with E-state index in [-0.39, 0.29) is 0 Å². The van der Waals surface area contributed by atoms with Gasteiger partial charge in [-0.1, -0.05) is 29.4 Å². The minimum atomic E-state index is 0.441. The van der Waals surface area contributed by atoms with Gasteiger partial charge in [-0.2, -0.15) is 0 Å². The second-order valence-electron chi connectivity index (χ2n) is 3.15. The molecule has 1 aromatic heterocycles. The Hall–Kier alpha value is -1.42. The summed E-state index contributed by atoms with van der Waals surface area (Å²) >= 11 is 3.16. The summed E-state index contributed by atoms with van der Waals surface area (Å²) in [4.78, 5) is 10.9. The van der Waals surface area contributed by atoms with E-state index in [9.17, 15) is 4.79 Å². The van der Waals surface area contributed by atoms with Crippen LogP contribution in [0.25, 0.3) is 11.3 Å². The Morgan fingerprint density at radius 2 is 2.13 bits per heavy atom. The van der Waals surface area contributed by atoms with Crippen molar-refractivity contribution >= 4 is 22.2 Å². The fraction of sp³-hybridized carbons (Fsp3) is 0.0909. The molecule has 0 unspecified atom stereocenters. The molecule has 0 amide bonds.